The standard InChI is InChI=1S/C18H21N3O5S/c1-10-11(2)13(4)17(14(5)12(10)3)27(25,26)20-19-18(22)15-7-6-8-16(9-15)21(23)24/h6-9,20H,1-5H3,(H,19,22). The van der Waals surface area contributed by atoms with Crippen molar-refractivity contribution in [2.24, 2.45) is 0 Å². The van der Waals surface area contributed by atoms with Gasteiger partial charge in [-0.1, -0.05) is 6.07 Å². The Hall–Kier alpha value is -2.78. The third kappa shape index (κ3) is 3.99. The molecule has 0 heterocycles. The number of non-ortho nitro benzene ring substituents is 1. The number of nitro benzene ring substituents is 1. The average Bonchev–Trinajstić information content (AvgIpc) is 2.63. The maximum Gasteiger partial charge on any atom is 0.270 e. The van der Waals surface area contributed by atoms with Crippen molar-refractivity contribution in [2.45, 2.75) is 39.5 Å². The van der Waals surface area contributed by atoms with Gasteiger partial charge in [-0.05, 0) is 68.5 Å². The number of rotatable bonds is 5. The number of carbonyl (C=O) groups excluding carboxylic acids is 1. The molecule has 144 valence electrons. The van der Waals surface area contributed by atoms with Crippen LogP contribution in [0.5, 0.6) is 0 Å². The molecular formula is C18H21N3O5S. The van der Waals surface area contributed by atoms with E-state index >= 15 is 0 Å². The molecule has 0 atom stereocenters. The summed E-state index contributed by atoms with van der Waals surface area (Å²) in [6.07, 6.45) is 0. The Labute approximate surface area is 157 Å². The molecule has 0 aliphatic carbocycles. The van der Waals surface area contributed by atoms with Crippen LogP contribution in [0.25, 0.3) is 0 Å². The number of nitrogens with zero attached hydrogens (tertiary/aromatic N) is 1. The number of benzene rings is 2. The molecule has 27 heavy (non-hydrogen) atoms. The molecule has 0 spiro atoms. The van der Waals surface area contributed by atoms with Crippen LogP contribution in [0.4, 0.5) is 5.69 Å². The van der Waals surface area contributed by atoms with E-state index < -0.39 is 20.9 Å². The predicted molar refractivity (Wildman–Crippen MR) is 101 cm³/mol. The van der Waals surface area contributed by atoms with Crippen LogP contribution in [0.15, 0.2) is 29.2 Å². The van der Waals surface area contributed by atoms with Gasteiger partial charge in [0.05, 0.1) is 9.82 Å². The topological polar surface area (TPSA) is 118 Å². The SMILES string of the molecule is Cc1c(C)c(C)c(S(=O)(=O)NNC(=O)c2cccc([N+](=O)[O-])c2)c(C)c1C. The zero-order chi connectivity index (χ0) is 20.5. The Morgan fingerprint density at radius 3 is 2.00 bits per heavy atom. The molecule has 0 aliphatic heterocycles. The molecule has 0 bridgehead atoms. The quantitative estimate of drug-likeness (QED) is 0.600. The summed E-state index contributed by atoms with van der Waals surface area (Å²) in [5.41, 5.74) is 5.77. The number of nitrogens with one attached hydrogen (secondary N) is 2. The summed E-state index contributed by atoms with van der Waals surface area (Å²) in [7, 11) is -4.03. The van der Waals surface area contributed by atoms with Crippen molar-refractivity contribution in [1.29, 1.82) is 0 Å². The van der Waals surface area contributed by atoms with Gasteiger partial charge in [-0.25, -0.2) is 8.42 Å². The molecule has 2 rings (SSSR count). The Balaban J connectivity index is 2.32. The number of hydrazine groups is 1. The number of amides is 1. The van der Waals surface area contributed by atoms with Crippen molar-refractivity contribution in [3.8, 4) is 0 Å². The summed E-state index contributed by atoms with van der Waals surface area (Å²) < 4.78 is 25.5. The van der Waals surface area contributed by atoms with Crippen LogP contribution < -0.4 is 10.3 Å². The van der Waals surface area contributed by atoms with E-state index in [9.17, 15) is 23.3 Å². The lowest BCUT2D eigenvalue weighted by molar-refractivity contribution is -0.384. The first-order valence-electron chi connectivity index (χ1n) is 8.11. The fourth-order valence-corrected chi connectivity index (χ4v) is 4.31. The molecule has 2 aromatic rings. The monoisotopic (exact) mass is 391 g/mol. The third-order valence-corrected chi connectivity index (χ3v) is 6.34. The van der Waals surface area contributed by atoms with Crippen molar-refractivity contribution in [1.82, 2.24) is 10.3 Å². The first-order valence-corrected chi connectivity index (χ1v) is 9.59. The van der Waals surface area contributed by atoms with Gasteiger partial charge in [0.2, 0.25) is 0 Å². The number of hydrogen-bond donors (Lipinski definition) is 2. The molecule has 9 heteroatoms. The van der Waals surface area contributed by atoms with Gasteiger partial charge in [0, 0.05) is 17.7 Å². The molecule has 2 aromatic carbocycles. The molecular weight excluding hydrogens is 370 g/mol. The van der Waals surface area contributed by atoms with Gasteiger partial charge in [-0.2, -0.15) is 0 Å². The van der Waals surface area contributed by atoms with Crippen molar-refractivity contribution >= 4 is 21.6 Å². The highest BCUT2D eigenvalue weighted by Crippen LogP contribution is 2.29. The highest BCUT2D eigenvalue weighted by molar-refractivity contribution is 7.89. The lowest BCUT2D eigenvalue weighted by Gasteiger charge is -2.19. The van der Waals surface area contributed by atoms with Crippen molar-refractivity contribution in [2.75, 3.05) is 0 Å². The van der Waals surface area contributed by atoms with Gasteiger partial charge >= 0.3 is 0 Å². The van der Waals surface area contributed by atoms with Crippen LogP contribution in [-0.4, -0.2) is 19.2 Å². The van der Waals surface area contributed by atoms with Crippen molar-refractivity contribution in [3.63, 3.8) is 0 Å². The molecule has 0 unspecified atom stereocenters. The molecule has 0 aromatic heterocycles. The summed E-state index contributed by atoms with van der Waals surface area (Å²) in [4.78, 5) is 24.6. The molecule has 8 nitrogen and oxygen atoms in total. The second kappa shape index (κ2) is 7.45. The van der Waals surface area contributed by atoms with Gasteiger partial charge in [0.1, 0.15) is 0 Å². The van der Waals surface area contributed by atoms with Crippen LogP contribution >= 0.6 is 0 Å². The molecule has 0 radical (unpaired) electrons. The molecule has 1 amide bonds. The van der Waals surface area contributed by atoms with E-state index in [1.54, 1.807) is 13.8 Å². The summed E-state index contributed by atoms with van der Waals surface area (Å²) in [5.74, 6) is -0.793. The van der Waals surface area contributed by atoms with Crippen LogP contribution in [0.3, 0.4) is 0 Å². The fourth-order valence-electron chi connectivity index (χ4n) is 2.87. The second-order valence-electron chi connectivity index (χ2n) is 6.32. The minimum absolute atomic E-state index is 0.0309. The Morgan fingerprint density at radius 1 is 0.963 bits per heavy atom. The molecule has 0 aliphatic rings. The maximum absolute atomic E-state index is 12.8. The number of carbonyl (C=O) groups is 1. The lowest BCUT2D eigenvalue weighted by atomic mass is 9.95. The minimum Gasteiger partial charge on any atom is -0.273 e. The second-order valence-corrected chi connectivity index (χ2v) is 7.94. The highest BCUT2D eigenvalue weighted by atomic mass is 32.2. The maximum atomic E-state index is 12.8. The molecule has 2 N–H and O–H groups in total. The first kappa shape index (κ1) is 20.5. The van der Waals surface area contributed by atoms with Crippen LogP contribution in [0, 0.1) is 44.7 Å². The Kier molecular flexibility index (Phi) is 5.67. The zero-order valence-corrected chi connectivity index (χ0v) is 16.5. The Morgan fingerprint density at radius 2 is 1.48 bits per heavy atom. The van der Waals surface area contributed by atoms with Crippen LogP contribution in [0.1, 0.15) is 38.2 Å². The Bertz CT molecular complexity index is 1020. The van der Waals surface area contributed by atoms with E-state index in [0.29, 0.717) is 11.1 Å². The van der Waals surface area contributed by atoms with E-state index in [2.05, 4.69) is 10.3 Å². The summed E-state index contributed by atoms with van der Waals surface area (Å²) in [5, 5.41) is 10.8. The van der Waals surface area contributed by atoms with Gasteiger partial charge in [-0.3, -0.25) is 20.3 Å². The summed E-state index contributed by atoms with van der Waals surface area (Å²) in [6.45, 7) is 9.05. The van der Waals surface area contributed by atoms with Gasteiger partial charge < -0.3 is 0 Å². The smallest absolute Gasteiger partial charge is 0.270 e. The first-order chi connectivity index (χ1) is 12.5. The van der Waals surface area contributed by atoms with Crippen LogP contribution in [0.2, 0.25) is 0 Å². The van der Waals surface area contributed by atoms with Crippen molar-refractivity contribution in [3.05, 3.63) is 67.8 Å². The number of hydrogen-bond acceptors (Lipinski definition) is 5. The number of sulfonamides is 1. The summed E-state index contributed by atoms with van der Waals surface area (Å²) >= 11 is 0. The summed E-state index contributed by atoms with van der Waals surface area (Å²) in [6, 6.07) is 5.02. The molecule has 0 fully saturated rings. The molecule has 0 saturated heterocycles. The highest BCUT2D eigenvalue weighted by Gasteiger charge is 2.24. The lowest BCUT2D eigenvalue weighted by Crippen LogP contribution is -2.42. The molecule has 0 saturated carbocycles. The predicted octanol–water partition coefficient (Wildman–Crippen LogP) is 2.76. The van der Waals surface area contributed by atoms with Crippen molar-refractivity contribution < 1.29 is 18.1 Å². The van der Waals surface area contributed by atoms with E-state index in [1.165, 1.54) is 18.2 Å². The minimum atomic E-state index is -4.03. The largest absolute Gasteiger partial charge is 0.273 e. The van der Waals surface area contributed by atoms with E-state index in [4.69, 9.17) is 0 Å². The van der Waals surface area contributed by atoms with E-state index in [-0.39, 0.29) is 16.1 Å². The third-order valence-electron chi connectivity index (χ3n) is 4.82. The zero-order valence-electron chi connectivity index (χ0n) is 15.7. The van der Waals surface area contributed by atoms with Gasteiger partial charge in [0.25, 0.3) is 21.6 Å². The average molecular weight is 391 g/mol. The van der Waals surface area contributed by atoms with E-state index in [0.717, 1.165) is 22.8 Å². The van der Waals surface area contributed by atoms with Crippen LogP contribution in [-0.2, 0) is 10.0 Å². The number of nitro groups is 1. The van der Waals surface area contributed by atoms with Gasteiger partial charge in [0.15, 0.2) is 0 Å². The normalized spacial score (nSPS) is 11.3. The van der Waals surface area contributed by atoms with Gasteiger partial charge in [-0.15, -0.1) is 4.83 Å². The van der Waals surface area contributed by atoms with E-state index in [1.807, 2.05) is 20.8 Å². The fraction of sp³-hybridized carbons (Fsp3) is 0.278.